The summed E-state index contributed by atoms with van der Waals surface area (Å²) in [5.41, 5.74) is 1.66. The van der Waals surface area contributed by atoms with Crippen LogP contribution in [0.5, 0.6) is 0 Å². The van der Waals surface area contributed by atoms with Gasteiger partial charge in [-0.3, -0.25) is 4.79 Å². The molecule has 0 aliphatic carbocycles. The lowest BCUT2D eigenvalue weighted by Crippen LogP contribution is -2.34. The summed E-state index contributed by atoms with van der Waals surface area (Å²) in [4.78, 5) is 17.1. The van der Waals surface area contributed by atoms with Crippen LogP contribution < -0.4 is 10.9 Å². The molecule has 0 atom stereocenters. The molecule has 0 unspecified atom stereocenters. The summed E-state index contributed by atoms with van der Waals surface area (Å²) in [6.45, 7) is 3.48. The van der Waals surface area contributed by atoms with E-state index >= 15 is 4.39 Å². The van der Waals surface area contributed by atoms with Crippen LogP contribution in [0.3, 0.4) is 0 Å². The Balaban J connectivity index is 1.64. The molecule has 0 bridgehead atoms. The number of aryl methyl sites for hydroxylation is 1. The molecule has 1 aliphatic rings. The van der Waals surface area contributed by atoms with E-state index in [9.17, 15) is 9.18 Å². The van der Waals surface area contributed by atoms with Gasteiger partial charge < -0.3 is 14.3 Å². The number of benzene rings is 1. The van der Waals surface area contributed by atoms with Crippen molar-refractivity contribution in [3.63, 3.8) is 0 Å². The first-order valence-electron chi connectivity index (χ1n) is 9.71. The highest BCUT2D eigenvalue weighted by atomic mass is 19.1. The average Bonchev–Trinajstić information content (AvgIpc) is 3.09. The fraction of sp³-hybridized carbons (Fsp3) is 0.273. The summed E-state index contributed by atoms with van der Waals surface area (Å²) in [7, 11) is 0. The highest BCUT2D eigenvalue weighted by molar-refractivity contribution is 5.87. The smallest absolute Gasteiger partial charge is 0.261 e. The molecule has 0 amide bonds. The van der Waals surface area contributed by atoms with Crippen LogP contribution in [-0.4, -0.2) is 27.0 Å². The van der Waals surface area contributed by atoms with Crippen molar-refractivity contribution < 1.29 is 8.78 Å². The lowest BCUT2D eigenvalue weighted by Gasteiger charge is -2.25. The van der Waals surface area contributed by atoms with E-state index in [2.05, 4.69) is 10.3 Å². The number of hydrogen-bond acceptors (Lipinski definition) is 3. The molecular weight excluding hydrogens is 374 g/mol. The van der Waals surface area contributed by atoms with Gasteiger partial charge in [-0.25, -0.2) is 13.8 Å². The van der Waals surface area contributed by atoms with Gasteiger partial charge in [0.15, 0.2) is 11.5 Å². The summed E-state index contributed by atoms with van der Waals surface area (Å²) < 4.78 is 32.7. The number of nitrogens with zero attached hydrogens (tertiary/aromatic N) is 3. The van der Waals surface area contributed by atoms with Gasteiger partial charge >= 0.3 is 0 Å². The minimum Gasteiger partial charge on any atom is -0.317 e. The Hall–Kier alpha value is -3.06. The summed E-state index contributed by atoms with van der Waals surface area (Å²) in [6, 6.07) is 6.23. The van der Waals surface area contributed by atoms with Gasteiger partial charge in [0.05, 0.1) is 11.1 Å². The first-order chi connectivity index (χ1) is 14.0. The summed E-state index contributed by atoms with van der Waals surface area (Å²) in [6.07, 6.45) is 6.86. The molecule has 0 radical (unpaired) electrons. The van der Waals surface area contributed by atoms with Gasteiger partial charge in [-0.2, -0.15) is 0 Å². The van der Waals surface area contributed by atoms with Gasteiger partial charge in [-0.15, -0.1) is 0 Å². The zero-order chi connectivity index (χ0) is 20.1. The molecule has 0 spiro atoms. The van der Waals surface area contributed by atoms with Crippen LogP contribution in [0.15, 0.2) is 47.7 Å². The fourth-order valence-corrected chi connectivity index (χ4v) is 4.22. The number of halogens is 2. The minimum absolute atomic E-state index is 0.0770. The van der Waals surface area contributed by atoms with Crippen LogP contribution in [0.1, 0.15) is 24.6 Å². The van der Waals surface area contributed by atoms with Crippen molar-refractivity contribution in [1.82, 2.24) is 19.3 Å². The highest BCUT2D eigenvalue weighted by Crippen LogP contribution is 2.28. The van der Waals surface area contributed by atoms with Gasteiger partial charge in [-0.1, -0.05) is 0 Å². The molecule has 1 fully saturated rings. The lowest BCUT2D eigenvalue weighted by molar-refractivity contribution is 0.362. The fourth-order valence-electron chi connectivity index (χ4n) is 4.22. The van der Waals surface area contributed by atoms with Crippen LogP contribution in [-0.2, 0) is 0 Å². The van der Waals surface area contributed by atoms with Crippen LogP contribution in [0.2, 0.25) is 0 Å². The van der Waals surface area contributed by atoms with Crippen molar-refractivity contribution in [2.24, 2.45) is 0 Å². The Morgan fingerprint density at radius 2 is 1.83 bits per heavy atom. The second-order valence-corrected chi connectivity index (χ2v) is 7.62. The quantitative estimate of drug-likeness (QED) is 0.562. The minimum atomic E-state index is -0.590. The molecule has 0 saturated carbocycles. The Labute approximate surface area is 165 Å². The number of piperidine rings is 1. The molecule has 4 heterocycles. The van der Waals surface area contributed by atoms with Crippen molar-refractivity contribution in [1.29, 1.82) is 0 Å². The Bertz CT molecular complexity index is 1300. The third kappa shape index (κ3) is 3.02. The Kier molecular flexibility index (Phi) is 4.20. The second kappa shape index (κ2) is 6.77. The zero-order valence-electron chi connectivity index (χ0n) is 16.0. The molecule has 29 heavy (non-hydrogen) atoms. The van der Waals surface area contributed by atoms with Gasteiger partial charge in [0.1, 0.15) is 5.82 Å². The second-order valence-electron chi connectivity index (χ2n) is 7.62. The number of rotatable bonds is 2. The highest BCUT2D eigenvalue weighted by Gasteiger charge is 2.19. The molecule has 148 valence electrons. The van der Waals surface area contributed by atoms with Crippen LogP contribution >= 0.6 is 0 Å². The van der Waals surface area contributed by atoms with Crippen molar-refractivity contribution in [2.75, 3.05) is 13.1 Å². The maximum atomic E-state index is 15.0. The van der Waals surface area contributed by atoms with Crippen LogP contribution in [0.4, 0.5) is 8.78 Å². The molecule has 1 saturated heterocycles. The molecule has 5 nitrogen and oxygen atoms in total. The van der Waals surface area contributed by atoms with Gasteiger partial charge in [0.2, 0.25) is 0 Å². The molecule has 1 aliphatic heterocycles. The third-order valence-corrected chi connectivity index (χ3v) is 5.65. The number of hydrogen-bond donors (Lipinski definition) is 1. The molecule has 1 N–H and O–H groups in total. The average molecular weight is 394 g/mol. The van der Waals surface area contributed by atoms with E-state index in [1.807, 2.05) is 0 Å². The van der Waals surface area contributed by atoms with E-state index in [1.54, 1.807) is 46.6 Å². The first kappa shape index (κ1) is 18.0. The monoisotopic (exact) mass is 394 g/mol. The van der Waals surface area contributed by atoms with Crippen molar-refractivity contribution >= 4 is 16.4 Å². The SMILES string of the molecule is Cc1cn2cc(-c3cc(F)c4c(=O)n(C5CCNCC5)ccc4c3)cc(F)c2n1. The zero-order valence-corrected chi connectivity index (χ0v) is 16.0. The van der Waals surface area contributed by atoms with Crippen molar-refractivity contribution in [2.45, 2.75) is 25.8 Å². The molecular formula is C22H20F2N4O. The van der Waals surface area contributed by atoms with E-state index in [4.69, 9.17) is 0 Å². The van der Waals surface area contributed by atoms with E-state index in [1.165, 1.54) is 12.1 Å². The van der Waals surface area contributed by atoms with Gasteiger partial charge in [0, 0.05) is 30.2 Å². The number of pyridine rings is 2. The largest absolute Gasteiger partial charge is 0.317 e. The number of imidazole rings is 1. The molecule has 1 aromatic carbocycles. The molecule has 4 aromatic rings. The molecule has 5 rings (SSSR count). The van der Waals surface area contributed by atoms with Crippen molar-refractivity contribution in [3.05, 3.63) is 70.5 Å². The summed E-state index contributed by atoms with van der Waals surface area (Å²) >= 11 is 0. The number of fused-ring (bicyclic) bond motifs is 2. The van der Waals surface area contributed by atoms with Gasteiger partial charge in [0.25, 0.3) is 5.56 Å². The van der Waals surface area contributed by atoms with E-state index in [-0.39, 0.29) is 22.6 Å². The maximum absolute atomic E-state index is 15.0. The topological polar surface area (TPSA) is 51.3 Å². The third-order valence-electron chi connectivity index (χ3n) is 5.65. The van der Waals surface area contributed by atoms with E-state index in [0.29, 0.717) is 22.2 Å². The Morgan fingerprint density at radius 1 is 1.07 bits per heavy atom. The summed E-state index contributed by atoms with van der Waals surface area (Å²) in [5.74, 6) is -1.06. The van der Waals surface area contributed by atoms with Crippen LogP contribution in [0, 0.1) is 18.6 Å². The van der Waals surface area contributed by atoms with Crippen molar-refractivity contribution in [3.8, 4) is 11.1 Å². The lowest BCUT2D eigenvalue weighted by atomic mass is 10.0. The Morgan fingerprint density at radius 3 is 2.62 bits per heavy atom. The molecule has 3 aromatic heterocycles. The van der Waals surface area contributed by atoms with E-state index in [0.717, 1.165) is 25.9 Å². The first-order valence-corrected chi connectivity index (χ1v) is 9.71. The summed E-state index contributed by atoms with van der Waals surface area (Å²) in [5, 5.41) is 3.86. The van der Waals surface area contributed by atoms with Gasteiger partial charge in [-0.05, 0) is 68.1 Å². The standard InChI is InChI=1S/C22H20F2N4O/c1-13-11-27-12-16(10-19(24)21(27)26-13)15-8-14-4-7-28(17-2-5-25-6-3-17)22(29)20(14)18(23)9-15/h4,7-12,17,25H,2-3,5-6H2,1H3. The van der Waals surface area contributed by atoms with E-state index < -0.39 is 11.6 Å². The maximum Gasteiger partial charge on any atom is 0.261 e. The number of aromatic nitrogens is 3. The normalized spacial score (nSPS) is 15.4. The molecule has 7 heteroatoms. The predicted molar refractivity (Wildman–Crippen MR) is 108 cm³/mol. The van der Waals surface area contributed by atoms with Crippen LogP contribution in [0.25, 0.3) is 27.5 Å². The predicted octanol–water partition coefficient (Wildman–Crippen LogP) is 3.83. The number of nitrogens with one attached hydrogen (secondary N) is 1.